The molecule has 34 heavy (non-hydrogen) atoms. The average molecular weight is 501 g/mol. The fraction of sp³-hybridized carbons (Fsp3) is 0.333. The highest BCUT2D eigenvalue weighted by Gasteiger charge is 2.58. The molecule has 0 spiro atoms. The number of amides is 2. The van der Waals surface area contributed by atoms with Crippen molar-refractivity contribution in [1.82, 2.24) is 9.88 Å². The van der Waals surface area contributed by atoms with E-state index < -0.39 is 58.7 Å². The summed E-state index contributed by atoms with van der Waals surface area (Å²) < 4.78 is 60.1. The van der Waals surface area contributed by atoms with Crippen LogP contribution >= 0.6 is 11.6 Å². The first-order chi connectivity index (χ1) is 15.8. The zero-order chi connectivity index (χ0) is 25.4. The number of anilines is 1. The summed E-state index contributed by atoms with van der Waals surface area (Å²) in [5, 5.41) is 12.6. The Balaban J connectivity index is 1.90. The third-order valence-electron chi connectivity index (χ3n) is 5.54. The van der Waals surface area contributed by atoms with Crippen molar-refractivity contribution in [2.24, 2.45) is 7.05 Å². The number of carbonyl (C=O) groups is 3. The van der Waals surface area contributed by atoms with E-state index in [1.54, 1.807) is 11.4 Å². The van der Waals surface area contributed by atoms with Gasteiger partial charge in [0.2, 0.25) is 0 Å². The third kappa shape index (κ3) is 4.36. The minimum atomic E-state index is -4.86. The van der Waals surface area contributed by atoms with Crippen LogP contribution in [0.5, 0.6) is 0 Å². The second-order valence-electron chi connectivity index (χ2n) is 7.61. The van der Waals surface area contributed by atoms with Crippen molar-refractivity contribution >= 4 is 34.9 Å². The number of ketones is 1. The molecule has 8 nitrogen and oxygen atoms in total. The van der Waals surface area contributed by atoms with Gasteiger partial charge in [0.1, 0.15) is 17.6 Å². The zero-order valence-electron chi connectivity index (χ0n) is 17.8. The topological polar surface area (TPSA) is 113 Å². The molecule has 1 fully saturated rings. The van der Waals surface area contributed by atoms with Gasteiger partial charge < -0.3 is 19.9 Å². The van der Waals surface area contributed by atoms with Gasteiger partial charge in [0.15, 0.2) is 5.54 Å². The van der Waals surface area contributed by atoms with Crippen molar-refractivity contribution in [1.29, 1.82) is 5.26 Å². The lowest BCUT2D eigenvalue weighted by Gasteiger charge is -2.30. The molecular formula is C21H17ClF4N4O4. The van der Waals surface area contributed by atoms with Crippen LogP contribution in [0.3, 0.4) is 0 Å². The average Bonchev–Trinajstić information content (AvgIpc) is 3.32. The van der Waals surface area contributed by atoms with Gasteiger partial charge >= 0.3 is 6.18 Å². The first-order valence-corrected chi connectivity index (χ1v) is 10.1. The van der Waals surface area contributed by atoms with Gasteiger partial charge in [0, 0.05) is 31.5 Å². The van der Waals surface area contributed by atoms with Crippen LogP contribution in [0.15, 0.2) is 18.2 Å². The van der Waals surface area contributed by atoms with Gasteiger partial charge in [-0.25, -0.2) is 4.39 Å². The number of rotatable bonds is 5. The smallest absolute Gasteiger partial charge is 0.379 e. The molecule has 3 rings (SSSR count). The Morgan fingerprint density at radius 2 is 1.97 bits per heavy atom. The van der Waals surface area contributed by atoms with Crippen LogP contribution in [0.2, 0.25) is 5.02 Å². The fourth-order valence-electron chi connectivity index (χ4n) is 3.50. The summed E-state index contributed by atoms with van der Waals surface area (Å²) in [4.78, 5) is 38.1. The molecular weight excluding hydrogens is 484 g/mol. The van der Waals surface area contributed by atoms with Gasteiger partial charge in [-0.1, -0.05) is 11.6 Å². The maximum atomic E-state index is 13.5. The highest BCUT2D eigenvalue weighted by atomic mass is 35.5. The number of hydrogen-bond acceptors (Lipinski definition) is 5. The Labute approximate surface area is 195 Å². The molecule has 1 aromatic carbocycles. The number of nitrogens with one attached hydrogen (secondary N) is 2. The van der Waals surface area contributed by atoms with Crippen molar-refractivity contribution in [3.05, 3.63) is 51.6 Å². The molecule has 0 bridgehead atoms. The number of halogens is 5. The lowest BCUT2D eigenvalue weighted by molar-refractivity contribution is -0.196. The van der Waals surface area contributed by atoms with Crippen LogP contribution in [0.1, 0.15) is 38.5 Å². The van der Waals surface area contributed by atoms with Crippen LogP contribution in [-0.4, -0.2) is 47.1 Å². The van der Waals surface area contributed by atoms with E-state index >= 15 is 0 Å². The number of benzene rings is 1. The van der Waals surface area contributed by atoms with Gasteiger partial charge in [-0.15, -0.1) is 0 Å². The van der Waals surface area contributed by atoms with E-state index in [1.807, 2.05) is 0 Å². The van der Waals surface area contributed by atoms with Crippen LogP contribution in [0, 0.1) is 24.1 Å². The Morgan fingerprint density at radius 3 is 2.53 bits per heavy atom. The summed E-state index contributed by atoms with van der Waals surface area (Å²) in [6.07, 6.45) is -5.43. The normalized spacial score (nSPS) is 17.8. The maximum Gasteiger partial charge on any atom is 0.413 e. The van der Waals surface area contributed by atoms with Gasteiger partial charge in [-0.05, 0) is 25.1 Å². The van der Waals surface area contributed by atoms with Crippen LogP contribution < -0.4 is 10.6 Å². The molecule has 2 N–H and O–H groups in total. The Morgan fingerprint density at radius 1 is 1.29 bits per heavy atom. The molecule has 0 saturated carbocycles. The Hall–Kier alpha value is -3.43. The van der Waals surface area contributed by atoms with Crippen LogP contribution in [0.4, 0.5) is 23.2 Å². The molecule has 0 radical (unpaired) electrons. The van der Waals surface area contributed by atoms with E-state index in [4.69, 9.17) is 21.6 Å². The Bertz CT molecular complexity index is 1230. The first-order valence-electron chi connectivity index (χ1n) is 9.70. The first kappa shape index (κ1) is 25.2. The monoisotopic (exact) mass is 500 g/mol. The summed E-state index contributed by atoms with van der Waals surface area (Å²) in [5.41, 5.74) is -3.65. The highest BCUT2D eigenvalue weighted by Crippen LogP contribution is 2.37. The summed E-state index contributed by atoms with van der Waals surface area (Å²) in [6.45, 7) is 0.264. The van der Waals surface area contributed by atoms with E-state index in [2.05, 4.69) is 5.32 Å². The third-order valence-corrected chi connectivity index (χ3v) is 5.91. The highest BCUT2D eigenvalue weighted by molar-refractivity contribution is 6.48. The predicted molar refractivity (Wildman–Crippen MR) is 111 cm³/mol. The van der Waals surface area contributed by atoms with Gasteiger partial charge in [0.05, 0.1) is 22.8 Å². The number of alkyl halides is 3. The number of nitrogens with zero attached hydrogens (tertiary/aromatic N) is 2. The molecule has 2 amide bonds. The molecule has 2 heterocycles. The SMILES string of the molecule is Cc1c(C(=O)C(=O)NC2(C(F)(F)F)CCOC2)c(Cl)c(C(=O)Nc2ccc(F)c(C#N)c2)n1C. The van der Waals surface area contributed by atoms with E-state index in [1.165, 1.54) is 24.6 Å². The second kappa shape index (κ2) is 9.08. The molecule has 0 aliphatic carbocycles. The number of hydrogen-bond donors (Lipinski definition) is 2. The largest absolute Gasteiger partial charge is 0.413 e. The maximum absolute atomic E-state index is 13.5. The fourth-order valence-corrected chi connectivity index (χ4v) is 3.94. The van der Waals surface area contributed by atoms with Crippen molar-refractivity contribution in [2.45, 2.75) is 25.1 Å². The number of carbonyl (C=O) groups excluding carboxylic acids is 3. The van der Waals surface area contributed by atoms with Gasteiger partial charge in [-0.3, -0.25) is 14.4 Å². The van der Waals surface area contributed by atoms with Gasteiger partial charge in [0.25, 0.3) is 17.6 Å². The number of nitriles is 1. The summed E-state index contributed by atoms with van der Waals surface area (Å²) in [5.74, 6) is -4.57. The van der Waals surface area contributed by atoms with Crippen LogP contribution in [-0.2, 0) is 16.6 Å². The summed E-state index contributed by atoms with van der Waals surface area (Å²) >= 11 is 6.22. The van der Waals surface area contributed by atoms with Gasteiger partial charge in [-0.2, -0.15) is 18.4 Å². The van der Waals surface area contributed by atoms with E-state index in [-0.39, 0.29) is 29.2 Å². The Kier molecular flexibility index (Phi) is 6.73. The zero-order valence-corrected chi connectivity index (χ0v) is 18.5. The van der Waals surface area contributed by atoms with Crippen molar-refractivity contribution < 1.29 is 36.7 Å². The number of Topliss-reactive ketones (excluding diaryl/α,β-unsaturated/α-hetero) is 1. The quantitative estimate of drug-likeness (QED) is 0.372. The molecule has 13 heteroatoms. The lowest BCUT2D eigenvalue weighted by Crippen LogP contribution is -2.60. The van der Waals surface area contributed by atoms with Crippen molar-refractivity contribution in [3.63, 3.8) is 0 Å². The minimum absolute atomic E-state index is 0.0517. The second-order valence-corrected chi connectivity index (χ2v) is 7.99. The molecule has 1 atom stereocenters. The van der Waals surface area contributed by atoms with Crippen molar-refractivity contribution in [3.8, 4) is 6.07 Å². The molecule has 2 aromatic rings. The minimum Gasteiger partial charge on any atom is -0.379 e. The molecule has 1 saturated heterocycles. The number of aromatic nitrogens is 1. The number of ether oxygens (including phenoxy) is 1. The molecule has 1 aliphatic rings. The van der Waals surface area contributed by atoms with E-state index in [0.29, 0.717) is 0 Å². The summed E-state index contributed by atoms with van der Waals surface area (Å²) in [6, 6.07) is 4.86. The van der Waals surface area contributed by atoms with E-state index in [9.17, 15) is 31.9 Å². The lowest BCUT2D eigenvalue weighted by atomic mass is 9.97. The molecule has 1 aromatic heterocycles. The van der Waals surface area contributed by atoms with Crippen LogP contribution in [0.25, 0.3) is 0 Å². The summed E-state index contributed by atoms with van der Waals surface area (Å²) in [7, 11) is 1.36. The standard InChI is InChI=1S/C21H17ClF4N4O4/c1-10-14(17(31)19(33)29-20(21(24,25)26)5-6-34-9-20)15(22)16(30(10)2)18(32)28-12-3-4-13(23)11(7-12)8-27/h3-4,7H,5-6,9H2,1-2H3,(H,28,32)(H,29,33). The van der Waals surface area contributed by atoms with E-state index in [0.717, 1.165) is 12.1 Å². The molecule has 180 valence electrons. The van der Waals surface area contributed by atoms with Crippen molar-refractivity contribution in [2.75, 3.05) is 18.5 Å². The molecule has 1 unspecified atom stereocenters. The molecule has 1 aliphatic heterocycles. The predicted octanol–water partition coefficient (Wildman–Crippen LogP) is 3.27.